The third-order valence-corrected chi connectivity index (χ3v) is 6.12. The van der Waals surface area contributed by atoms with Gasteiger partial charge < -0.3 is 15.4 Å². The van der Waals surface area contributed by atoms with Crippen molar-refractivity contribution >= 4 is 39.8 Å². The van der Waals surface area contributed by atoms with E-state index in [9.17, 15) is 12.8 Å². The van der Waals surface area contributed by atoms with Crippen molar-refractivity contribution in [2.75, 3.05) is 25.9 Å². The average molecular weight is 501 g/mol. The van der Waals surface area contributed by atoms with Crippen molar-refractivity contribution in [1.29, 1.82) is 0 Å². The molecule has 1 unspecified atom stereocenters. The first-order valence-corrected chi connectivity index (χ1v) is 9.79. The Labute approximate surface area is 172 Å². The van der Waals surface area contributed by atoms with E-state index >= 15 is 0 Å². The maximum atomic E-state index is 13.1. The highest BCUT2D eigenvalue weighted by atomic mass is 127. The molecule has 2 N–H and O–H groups in total. The Morgan fingerprint density at radius 3 is 2.50 bits per heavy atom. The van der Waals surface area contributed by atoms with Crippen molar-refractivity contribution in [3.63, 3.8) is 0 Å². The summed E-state index contributed by atoms with van der Waals surface area (Å²) in [7, 11) is -1.58. The molecule has 0 radical (unpaired) electrons. The van der Waals surface area contributed by atoms with Crippen LogP contribution in [0, 0.1) is 5.82 Å². The van der Waals surface area contributed by atoms with Gasteiger partial charge in [0.15, 0.2) is 15.8 Å². The van der Waals surface area contributed by atoms with Gasteiger partial charge in [0, 0.05) is 19.7 Å². The van der Waals surface area contributed by atoms with E-state index in [4.69, 9.17) is 4.74 Å². The molecule has 1 atom stereocenters. The molecule has 150 valence electrons. The lowest BCUT2D eigenvalue weighted by Crippen LogP contribution is -2.44. The van der Waals surface area contributed by atoms with E-state index in [-0.39, 0.29) is 48.2 Å². The number of sulfone groups is 1. The molecule has 1 aromatic carbocycles. The van der Waals surface area contributed by atoms with Crippen molar-refractivity contribution in [1.82, 2.24) is 10.6 Å². The second kappa shape index (κ2) is 10.9. The van der Waals surface area contributed by atoms with Crippen molar-refractivity contribution in [3.05, 3.63) is 30.1 Å². The lowest BCUT2D eigenvalue weighted by atomic mass is 10.3. The fraction of sp³-hybridized carbons (Fsp3) is 0.588. The average Bonchev–Trinajstić information content (AvgIpc) is 2.49. The number of benzene rings is 1. The number of hydrogen-bond acceptors (Lipinski definition) is 4. The number of halogens is 2. The Balaban J connectivity index is 0.00000625. The SMILES string of the molecule is CN=C(NCCS(=O)(=O)C(C)(C)C)NCC(C)Oc1cccc(F)c1.I. The first kappa shape index (κ1) is 24.9. The van der Waals surface area contributed by atoms with Gasteiger partial charge in [0.05, 0.1) is 17.0 Å². The zero-order chi connectivity index (χ0) is 19.1. The number of aliphatic imine (C=N–C) groups is 1. The second-order valence-electron chi connectivity index (χ2n) is 6.70. The molecule has 0 aliphatic heterocycles. The predicted molar refractivity (Wildman–Crippen MR) is 115 cm³/mol. The molecule has 9 heteroatoms. The third kappa shape index (κ3) is 8.52. The van der Waals surface area contributed by atoms with E-state index in [1.165, 1.54) is 12.1 Å². The minimum Gasteiger partial charge on any atom is -0.489 e. The number of hydrogen-bond donors (Lipinski definition) is 2. The summed E-state index contributed by atoms with van der Waals surface area (Å²) in [5, 5.41) is 6.02. The summed E-state index contributed by atoms with van der Waals surface area (Å²) in [4.78, 5) is 4.05. The van der Waals surface area contributed by atoms with Crippen LogP contribution in [-0.2, 0) is 9.84 Å². The van der Waals surface area contributed by atoms with E-state index in [1.54, 1.807) is 40.0 Å². The van der Waals surface area contributed by atoms with E-state index in [1.807, 2.05) is 6.92 Å². The van der Waals surface area contributed by atoms with Crippen LogP contribution in [0.25, 0.3) is 0 Å². The van der Waals surface area contributed by atoms with E-state index < -0.39 is 14.6 Å². The third-order valence-electron chi connectivity index (χ3n) is 3.51. The molecule has 6 nitrogen and oxygen atoms in total. The normalized spacial score (nSPS) is 13.5. The zero-order valence-corrected chi connectivity index (χ0v) is 19.0. The fourth-order valence-corrected chi connectivity index (χ4v) is 2.87. The van der Waals surface area contributed by atoms with Crippen molar-refractivity contribution in [2.24, 2.45) is 4.99 Å². The minimum absolute atomic E-state index is 0. The summed E-state index contributed by atoms with van der Waals surface area (Å²) in [5.41, 5.74) is 0. The molecule has 26 heavy (non-hydrogen) atoms. The van der Waals surface area contributed by atoms with Gasteiger partial charge in [-0.25, -0.2) is 12.8 Å². The predicted octanol–water partition coefficient (Wildman–Crippen LogP) is 2.59. The summed E-state index contributed by atoms with van der Waals surface area (Å²) >= 11 is 0. The van der Waals surface area contributed by atoms with E-state index in [2.05, 4.69) is 15.6 Å². The Morgan fingerprint density at radius 1 is 1.31 bits per heavy atom. The number of rotatable bonds is 7. The van der Waals surface area contributed by atoms with Crippen LogP contribution < -0.4 is 15.4 Å². The van der Waals surface area contributed by atoms with Crippen LogP contribution in [0.5, 0.6) is 5.75 Å². The summed E-state index contributed by atoms with van der Waals surface area (Å²) in [5.74, 6) is 0.606. The lowest BCUT2D eigenvalue weighted by molar-refractivity contribution is 0.223. The van der Waals surface area contributed by atoms with Gasteiger partial charge in [-0.1, -0.05) is 6.07 Å². The topological polar surface area (TPSA) is 79.8 Å². The smallest absolute Gasteiger partial charge is 0.191 e. The standard InChI is InChI=1S/C17H28FN3O3S.HI/c1-13(24-15-8-6-7-14(18)11-15)12-21-16(19-5)20-9-10-25(22,23)17(2,3)4;/h6-8,11,13H,9-10,12H2,1-5H3,(H2,19,20,21);1H. The van der Waals surface area contributed by atoms with Gasteiger partial charge >= 0.3 is 0 Å². The van der Waals surface area contributed by atoms with Gasteiger partial charge in [-0.2, -0.15) is 0 Å². The van der Waals surface area contributed by atoms with E-state index in [0.29, 0.717) is 18.3 Å². The first-order valence-electron chi connectivity index (χ1n) is 8.14. The number of nitrogens with one attached hydrogen (secondary N) is 2. The van der Waals surface area contributed by atoms with Gasteiger partial charge in [-0.3, -0.25) is 4.99 Å². The summed E-state index contributed by atoms with van der Waals surface area (Å²) in [6, 6.07) is 5.94. The van der Waals surface area contributed by atoms with Crippen LogP contribution in [0.3, 0.4) is 0 Å². The Morgan fingerprint density at radius 2 is 1.96 bits per heavy atom. The second-order valence-corrected chi connectivity index (χ2v) is 9.56. The highest BCUT2D eigenvalue weighted by molar-refractivity contribution is 14.0. The Bertz CT molecular complexity index is 691. The molecule has 0 aliphatic rings. The van der Waals surface area contributed by atoms with Gasteiger partial charge in [0.2, 0.25) is 0 Å². The van der Waals surface area contributed by atoms with Crippen molar-refractivity contribution in [2.45, 2.75) is 38.5 Å². The molecular weight excluding hydrogens is 472 g/mol. The van der Waals surface area contributed by atoms with Crippen LogP contribution in [0.4, 0.5) is 4.39 Å². The highest BCUT2D eigenvalue weighted by Gasteiger charge is 2.28. The molecule has 1 rings (SSSR count). The summed E-state index contributed by atoms with van der Waals surface area (Å²) in [6.45, 7) is 7.58. The number of ether oxygens (including phenoxy) is 1. The molecular formula is C17H29FIN3O3S. The molecule has 0 saturated heterocycles. The van der Waals surface area contributed by atoms with Crippen molar-refractivity contribution in [3.8, 4) is 5.75 Å². The largest absolute Gasteiger partial charge is 0.489 e. The quantitative estimate of drug-likeness (QED) is 0.341. The van der Waals surface area contributed by atoms with Gasteiger partial charge in [-0.05, 0) is 39.8 Å². The van der Waals surface area contributed by atoms with Gasteiger partial charge in [0.25, 0.3) is 0 Å². The van der Waals surface area contributed by atoms with E-state index in [0.717, 1.165) is 0 Å². The number of nitrogens with zero attached hydrogens (tertiary/aromatic N) is 1. The monoisotopic (exact) mass is 501 g/mol. The maximum Gasteiger partial charge on any atom is 0.191 e. The molecule has 0 aliphatic carbocycles. The van der Waals surface area contributed by atoms with Crippen molar-refractivity contribution < 1.29 is 17.5 Å². The summed E-state index contributed by atoms with van der Waals surface area (Å²) in [6.07, 6.45) is -0.223. The lowest BCUT2D eigenvalue weighted by Gasteiger charge is -2.20. The van der Waals surface area contributed by atoms with Crippen LogP contribution in [-0.4, -0.2) is 51.1 Å². The van der Waals surface area contributed by atoms with Crippen LogP contribution in [0.2, 0.25) is 0 Å². The van der Waals surface area contributed by atoms with Crippen LogP contribution in [0.15, 0.2) is 29.3 Å². The van der Waals surface area contributed by atoms with Gasteiger partial charge in [-0.15, -0.1) is 24.0 Å². The Hall–Kier alpha value is -1.10. The molecule has 0 spiro atoms. The maximum absolute atomic E-state index is 13.1. The molecule has 0 saturated carbocycles. The highest BCUT2D eigenvalue weighted by Crippen LogP contribution is 2.15. The molecule has 1 aromatic rings. The molecule has 0 bridgehead atoms. The Kier molecular flexibility index (Phi) is 10.4. The van der Waals surface area contributed by atoms with Gasteiger partial charge in [0.1, 0.15) is 17.7 Å². The first-order chi connectivity index (χ1) is 11.5. The molecule has 0 heterocycles. The molecule has 0 amide bonds. The van der Waals surface area contributed by atoms with Crippen LogP contribution >= 0.6 is 24.0 Å². The zero-order valence-electron chi connectivity index (χ0n) is 15.9. The minimum atomic E-state index is -3.18. The molecule has 0 fully saturated rings. The fourth-order valence-electron chi connectivity index (χ4n) is 1.89. The number of guanidine groups is 1. The molecule has 0 aromatic heterocycles. The van der Waals surface area contributed by atoms with Crippen LogP contribution in [0.1, 0.15) is 27.7 Å². The summed E-state index contributed by atoms with van der Waals surface area (Å²) < 4.78 is 42.1.